The van der Waals surface area contributed by atoms with Crippen LogP contribution in [0.1, 0.15) is 17.7 Å². The number of hydrogen-bond donors (Lipinski definition) is 1. The van der Waals surface area contributed by atoms with Crippen molar-refractivity contribution in [2.45, 2.75) is 25.4 Å². The van der Waals surface area contributed by atoms with Gasteiger partial charge in [0.15, 0.2) is 0 Å². The van der Waals surface area contributed by atoms with Crippen LogP contribution in [0.5, 0.6) is 0 Å². The van der Waals surface area contributed by atoms with Crippen LogP contribution < -0.4 is 0 Å². The molecule has 1 aromatic rings. The molecule has 0 radical (unpaired) electrons. The molecule has 2 heterocycles. The van der Waals surface area contributed by atoms with Gasteiger partial charge in [-0.15, -0.1) is 5.10 Å². The molecule has 0 aromatic carbocycles. The van der Waals surface area contributed by atoms with Crippen LogP contribution in [0.2, 0.25) is 0 Å². The van der Waals surface area contributed by atoms with Crippen molar-refractivity contribution in [2.75, 3.05) is 13.2 Å². The van der Waals surface area contributed by atoms with E-state index < -0.39 is 0 Å². The fourth-order valence-corrected chi connectivity index (χ4v) is 2.28. The normalized spacial score (nSPS) is 23.9. The Bertz CT molecular complexity index is 252. The fraction of sp³-hybridized carbons (Fsp3) is 0.750. The smallest absolute Gasteiger partial charge is 0.0666 e. The lowest BCUT2D eigenvalue weighted by molar-refractivity contribution is 0.154. The Hall–Kier alpha value is -0.520. The van der Waals surface area contributed by atoms with Crippen molar-refractivity contribution in [3.8, 4) is 0 Å². The highest BCUT2D eigenvalue weighted by molar-refractivity contribution is 7.05. The van der Waals surface area contributed by atoms with E-state index in [4.69, 9.17) is 5.11 Å². The Balaban J connectivity index is 1.94. The standard InChI is InChI=1S/C8H13N3OS/c12-6-7-2-1-3-11(7)5-8-4-9-10-13-8/h4,7,12H,1-3,5-6H2/t7-/m1/s1. The van der Waals surface area contributed by atoms with Gasteiger partial charge >= 0.3 is 0 Å². The molecule has 4 nitrogen and oxygen atoms in total. The zero-order valence-corrected chi connectivity index (χ0v) is 8.20. The molecule has 2 rings (SSSR count). The molecule has 1 fully saturated rings. The highest BCUT2D eigenvalue weighted by Crippen LogP contribution is 2.19. The lowest BCUT2D eigenvalue weighted by Gasteiger charge is -2.20. The average Bonchev–Trinajstić information content (AvgIpc) is 2.76. The molecule has 0 bridgehead atoms. The van der Waals surface area contributed by atoms with Crippen LogP contribution in [0.15, 0.2) is 6.20 Å². The summed E-state index contributed by atoms with van der Waals surface area (Å²) < 4.78 is 3.82. The third kappa shape index (κ3) is 2.04. The summed E-state index contributed by atoms with van der Waals surface area (Å²) in [5, 5.41) is 12.9. The summed E-state index contributed by atoms with van der Waals surface area (Å²) in [6.45, 7) is 2.25. The summed E-state index contributed by atoms with van der Waals surface area (Å²) in [4.78, 5) is 3.48. The SMILES string of the molecule is OC[C@H]1CCCN1Cc1cnns1. The minimum Gasteiger partial charge on any atom is -0.395 e. The Morgan fingerprint density at radius 2 is 2.62 bits per heavy atom. The second kappa shape index (κ2) is 4.13. The number of aliphatic hydroxyl groups excluding tert-OH is 1. The zero-order chi connectivity index (χ0) is 9.10. The Morgan fingerprint density at radius 3 is 3.31 bits per heavy atom. The van der Waals surface area contributed by atoms with Gasteiger partial charge in [0, 0.05) is 12.6 Å². The number of likely N-dealkylation sites (tertiary alicyclic amines) is 1. The van der Waals surface area contributed by atoms with Crippen LogP contribution >= 0.6 is 11.5 Å². The molecule has 1 aromatic heterocycles. The number of nitrogens with zero attached hydrogens (tertiary/aromatic N) is 3. The van der Waals surface area contributed by atoms with E-state index in [1.165, 1.54) is 22.8 Å². The van der Waals surface area contributed by atoms with E-state index in [-0.39, 0.29) is 6.61 Å². The Morgan fingerprint density at radius 1 is 1.69 bits per heavy atom. The summed E-state index contributed by atoms with van der Waals surface area (Å²) in [5.41, 5.74) is 0. The van der Waals surface area contributed by atoms with Crippen molar-refractivity contribution >= 4 is 11.5 Å². The highest BCUT2D eigenvalue weighted by atomic mass is 32.1. The molecule has 1 saturated heterocycles. The van der Waals surface area contributed by atoms with Gasteiger partial charge in [-0.2, -0.15) is 0 Å². The van der Waals surface area contributed by atoms with Crippen LogP contribution in [-0.2, 0) is 6.54 Å². The molecule has 1 aliphatic rings. The van der Waals surface area contributed by atoms with E-state index >= 15 is 0 Å². The first kappa shape index (κ1) is 9.05. The molecular formula is C8H13N3OS. The molecule has 0 spiro atoms. The molecule has 1 aliphatic heterocycles. The molecule has 0 aliphatic carbocycles. The van der Waals surface area contributed by atoms with Gasteiger partial charge in [-0.1, -0.05) is 4.49 Å². The van der Waals surface area contributed by atoms with E-state index in [0.717, 1.165) is 19.5 Å². The van der Waals surface area contributed by atoms with Crippen molar-refractivity contribution in [2.24, 2.45) is 0 Å². The third-order valence-corrected chi connectivity index (χ3v) is 3.12. The van der Waals surface area contributed by atoms with Gasteiger partial charge in [0.05, 0.1) is 17.7 Å². The van der Waals surface area contributed by atoms with Crippen LogP contribution in [0, 0.1) is 0 Å². The maximum atomic E-state index is 9.10. The number of hydrogen-bond acceptors (Lipinski definition) is 5. The van der Waals surface area contributed by atoms with Crippen LogP contribution in [0.3, 0.4) is 0 Å². The summed E-state index contributed by atoms with van der Waals surface area (Å²) in [5.74, 6) is 0. The van der Waals surface area contributed by atoms with Gasteiger partial charge in [0.25, 0.3) is 0 Å². The molecule has 5 heteroatoms. The second-order valence-corrected chi connectivity index (χ2v) is 4.20. The van der Waals surface area contributed by atoms with E-state index in [0.29, 0.717) is 6.04 Å². The zero-order valence-electron chi connectivity index (χ0n) is 7.39. The summed E-state index contributed by atoms with van der Waals surface area (Å²) >= 11 is 1.44. The van der Waals surface area contributed by atoms with E-state index in [9.17, 15) is 0 Å². The molecule has 0 saturated carbocycles. The fourth-order valence-electron chi connectivity index (χ4n) is 1.77. The number of rotatable bonds is 3. The van der Waals surface area contributed by atoms with E-state index in [1.807, 2.05) is 0 Å². The first-order valence-corrected chi connectivity index (χ1v) is 5.28. The second-order valence-electron chi connectivity index (χ2n) is 3.33. The molecule has 1 N–H and O–H groups in total. The molecule has 0 unspecified atom stereocenters. The quantitative estimate of drug-likeness (QED) is 0.770. The molecule has 0 amide bonds. The summed E-state index contributed by atoms with van der Waals surface area (Å²) in [6, 6.07) is 0.349. The van der Waals surface area contributed by atoms with Crippen molar-refractivity contribution in [3.05, 3.63) is 11.1 Å². The lowest BCUT2D eigenvalue weighted by Crippen LogP contribution is -2.31. The van der Waals surface area contributed by atoms with Gasteiger partial charge in [-0.3, -0.25) is 4.90 Å². The first-order chi connectivity index (χ1) is 6.40. The van der Waals surface area contributed by atoms with Crippen molar-refractivity contribution in [3.63, 3.8) is 0 Å². The van der Waals surface area contributed by atoms with Crippen molar-refractivity contribution in [1.29, 1.82) is 0 Å². The Labute approximate surface area is 81.4 Å². The van der Waals surface area contributed by atoms with E-state index in [1.54, 1.807) is 6.20 Å². The van der Waals surface area contributed by atoms with Crippen LogP contribution in [0.4, 0.5) is 0 Å². The van der Waals surface area contributed by atoms with Crippen LogP contribution in [-0.4, -0.2) is 38.8 Å². The van der Waals surface area contributed by atoms with Crippen molar-refractivity contribution in [1.82, 2.24) is 14.5 Å². The summed E-state index contributed by atoms with van der Waals surface area (Å²) in [7, 11) is 0. The van der Waals surface area contributed by atoms with Gasteiger partial charge in [0.2, 0.25) is 0 Å². The first-order valence-electron chi connectivity index (χ1n) is 4.51. The van der Waals surface area contributed by atoms with E-state index in [2.05, 4.69) is 14.5 Å². The lowest BCUT2D eigenvalue weighted by atomic mass is 10.2. The number of aromatic nitrogens is 2. The molecule has 72 valence electrons. The molecule has 1 atom stereocenters. The minimum absolute atomic E-state index is 0.270. The van der Waals surface area contributed by atoms with Gasteiger partial charge in [-0.05, 0) is 30.9 Å². The summed E-state index contributed by atoms with van der Waals surface area (Å²) in [6.07, 6.45) is 4.11. The largest absolute Gasteiger partial charge is 0.395 e. The third-order valence-electron chi connectivity index (χ3n) is 2.48. The van der Waals surface area contributed by atoms with Crippen molar-refractivity contribution < 1.29 is 5.11 Å². The average molecular weight is 199 g/mol. The predicted octanol–water partition coefficient (Wildman–Crippen LogP) is 0.495. The minimum atomic E-state index is 0.270. The monoisotopic (exact) mass is 199 g/mol. The van der Waals surface area contributed by atoms with Gasteiger partial charge < -0.3 is 5.11 Å². The maximum Gasteiger partial charge on any atom is 0.0666 e. The highest BCUT2D eigenvalue weighted by Gasteiger charge is 2.23. The predicted molar refractivity (Wildman–Crippen MR) is 50.4 cm³/mol. The Kier molecular flexibility index (Phi) is 2.87. The molecule has 13 heavy (non-hydrogen) atoms. The van der Waals surface area contributed by atoms with Gasteiger partial charge in [-0.25, -0.2) is 0 Å². The van der Waals surface area contributed by atoms with Crippen LogP contribution in [0.25, 0.3) is 0 Å². The molecular weight excluding hydrogens is 186 g/mol. The topological polar surface area (TPSA) is 49.2 Å². The number of aliphatic hydroxyl groups is 1. The maximum absolute atomic E-state index is 9.10. The van der Waals surface area contributed by atoms with Gasteiger partial charge in [0.1, 0.15) is 0 Å².